The van der Waals surface area contributed by atoms with Crippen LogP contribution in [0.3, 0.4) is 0 Å². The van der Waals surface area contributed by atoms with Crippen molar-refractivity contribution in [2.45, 2.75) is 57.0 Å². The molecule has 3 heterocycles. The number of hydrogen-bond donors (Lipinski definition) is 0. The summed E-state index contributed by atoms with van der Waals surface area (Å²) in [5.41, 5.74) is 1.34. The molecule has 2 aliphatic heterocycles. The average Bonchev–Trinajstić information content (AvgIpc) is 3.49. The number of nitrogens with zero attached hydrogens (tertiary/aromatic N) is 5. The van der Waals surface area contributed by atoms with Gasteiger partial charge in [0.1, 0.15) is 0 Å². The largest absolute Gasteiger partial charge is 0.337 e. The third-order valence-corrected chi connectivity index (χ3v) is 5.94. The van der Waals surface area contributed by atoms with E-state index in [0.29, 0.717) is 19.5 Å². The highest BCUT2D eigenvalue weighted by Crippen LogP contribution is 2.33. The molecule has 4 rings (SSSR count). The van der Waals surface area contributed by atoms with Gasteiger partial charge in [0.15, 0.2) is 5.69 Å². The zero-order valence-corrected chi connectivity index (χ0v) is 17.4. The fraction of sp³-hybridized carbons (Fsp3) is 0.545. The average molecular weight is 431 g/mol. The molecule has 1 atom stereocenters. The molecule has 0 radical (unpaired) electrons. The van der Waals surface area contributed by atoms with Crippen molar-refractivity contribution in [3.05, 3.63) is 47.8 Å². The van der Waals surface area contributed by atoms with Crippen molar-refractivity contribution in [2.75, 3.05) is 19.6 Å². The van der Waals surface area contributed by atoms with Gasteiger partial charge in [-0.1, -0.05) is 35.5 Å². The number of halogens is 2. The van der Waals surface area contributed by atoms with E-state index in [-0.39, 0.29) is 30.5 Å². The van der Waals surface area contributed by atoms with Crippen LogP contribution in [0.5, 0.6) is 0 Å². The molecule has 31 heavy (non-hydrogen) atoms. The molecule has 0 bridgehead atoms. The molecule has 0 unspecified atom stereocenters. The van der Waals surface area contributed by atoms with Gasteiger partial charge >= 0.3 is 0 Å². The molecule has 2 fully saturated rings. The first-order chi connectivity index (χ1) is 14.9. The first-order valence-corrected chi connectivity index (χ1v) is 10.8. The first kappa shape index (κ1) is 21.4. The highest BCUT2D eigenvalue weighted by atomic mass is 19.3. The molecule has 0 saturated carbocycles. The minimum Gasteiger partial charge on any atom is -0.337 e. The van der Waals surface area contributed by atoms with E-state index >= 15 is 0 Å². The number of rotatable bonds is 7. The maximum atomic E-state index is 14.1. The van der Waals surface area contributed by atoms with Gasteiger partial charge in [0.25, 0.3) is 11.8 Å². The molecule has 7 nitrogen and oxygen atoms in total. The minimum atomic E-state index is -2.92. The number of likely N-dealkylation sites (tertiary alicyclic amines) is 2. The lowest BCUT2D eigenvalue weighted by molar-refractivity contribution is -0.133. The predicted octanol–water partition coefficient (Wildman–Crippen LogP) is 2.77. The Kier molecular flexibility index (Phi) is 6.29. The van der Waals surface area contributed by atoms with Crippen LogP contribution >= 0.6 is 0 Å². The van der Waals surface area contributed by atoms with E-state index in [4.69, 9.17) is 0 Å². The van der Waals surface area contributed by atoms with Gasteiger partial charge in [-0.05, 0) is 31.2 Å². The van der Waals surface area contributed by atoms with Crippen LogP contribution in [-0.2, 0) is 17.8 Å². The second kappa shape index (κ2) is 9.11. The Labute approximate surface area is 180 Å². The molecular weight excluding hydrogens is 404 g/mol. The second-order valence-electron chi connectivity index (χ2n) is 8.40. The SMILES string of the molecule is O=C(c1cn(C[C@@H]2CC(F)(F)CN2C(=O)CCCc2ccccc2)nn1)N1CCCC1. The molecule has 0 spiro atoms. The summed E-state index contributed by atoms with van der Waals surface area (Å²) in [4.78, 5) is 28.1. The van der Waals surface area contributed by atoms with Crippen molar-refractivity contribution in [1.82, 2.24) is 24.8 Å². The molecule has 166 valence electrons. The van der Waals surface area contributed by atoms with Crippen LogP contribution in [0.15, 0.2) is 36.5 Å². The number of carbonyl (C=O) groups excluding carboxylic acids is 2. The van der Waals surface area contributed by atoms with Crippen LogP contribution in [0.1, 0.15) is 48.2 Å². The Morgan fingerprint density at radius 2 is 1.87 bits per heavy atom. The topological polar surface area (TPSA) is 71.3 Å². The molecule has 0 aliphatic carbocycles. The summed E-state index contributed by atoms with van der Waals surface area (Å²) in [6.07, 6.45) is 4.58. The Bertz CT molecular complexity index is 912. The van der Waals surface area contributed by atoms with Crippen molar-refractivity contribution in [3.8, 4) is 0 Å². The van der Waals surface area contributed by atoms with Gasteiger partial charge in [-0.2, -0.15) is 0 Å². The zero-order chi connectivity index (χ0) is 21.8. The van der Waals surface area contributed by atoms with E-state index < -0.39 is 24.9 Å². The van der Waals surface area contributed by atoms with Crippen molar-refractivity contribution in [3.63, 3.8) is 0 Å². The van der Waals surface area contributed by atoms with E-state index in [1.165, 1.54) is 15.8 Å². The molecule has 1 aromatic carbocycles. The molecule has 0 N–H and O–H groups in total. The minimum absolute atomic E-state index is 0.0975. The van der Waals surface area contributed by atoms with Crippen LogP contribution in [-0.4, -0.2) is 68.2 Å². The fourth-order valence-corrected chi connectivity index (χ4v) is 4.37. The highest BCUT2D eigenvalue weighted by molar-refractivity contribution is 5.92. The quantitative estimate of drug-likeness (QED) is 0.676. The summed E-state index contributed by atoms with van der Waals surface area (Å²) >= 11 is 0. The van der Waals surface area contributed by atoms with Crippen molar-refractivity contribution < 1.29 is 18.4 Å². The van der Waals surface area contributed by atoms with Crippen LogP contribution in [0, 0.1) is 0 Å². The summed E-state index contributed by atoms with van der Waals surface area (Å²) in [5.74, 6) is -3.38. The van der Waals surface area contributed by atoms with Crippen LogP contribution in [0.4, 0.5) is 8.78 Å². The number of amides is 2. The standard InChI is InChI=1S/C22H27F2N5O2/c23-22(24)13-18(14-28-15-19(25-26-28)21(31)27-11-4-5-12-27)29(16-22)20(30)10-6-9-17-7-2-1-3-8-17/h1-3,7-8,15,18H,4-6,9-14,16H2/t18-/m0/s1. The summed E-state index contributed by atoms with van der Waals surface area (Å²) < 4.78 is 29.7. The van der Waals surface area contributed by atoms with Gasteiger partial charge in [0, 0.05) is 25.9 Å². The fourth-order valence-electron chi connectivity index (χ4n) is 4.37. The van der Waals surface area contributed by atoms with Crippen molar-refractivity contribution in [1.29, 1.82) is 0 Å². The van der Waals surface area contributed by atoms with Crippen molar-refractivity contribution >= 4 is 11.8 Å². The van der Waals surface area contributed by atoms with Gasteiger partial charge in [-0.25, -0.2) is 13.5 Å². The highest BCUT2D eigenvalue weighted by Gasteiger charge is 2.46. The number of hydrogen-bond acceptors (Lipinski definition) is 4. The molecule has 9 heteroatoms. The molecule has 2 amide bonds. The van der Waals surface area contributed by atoms with E-state index in [2.05, 4.69) is 10.3 Å². The molecule has 2 aromatic rings. The Morgan fingerprint density at radius 3 is 2.61 bits per heavy atom. The van der Waals surface area contributed by atoms with Gasteiger partial charge in [-0.3, -0.25) is 9.59 Å². The maximum absolute atomic E-state index is 14.1. The van der Waals surface area contributed by atoms with E-state index in [1.807, 2.05) is 30.3 Å². The van der Waals surface area contributed by atoms with Gasteiger partial charge < -0.3 is 9.80 Å². The molecule has 2 aliphatic rings. The summed E-state index contributed by atoms with van der Waals surface area (Å²) in [6.45, 7) is 0.925. The zero-order valence-electron chi connectivity index (χ0n) is 17.4. The summed E-state index contributed by atoms with van der Waals surface area (Å²) in [5, 5.41) is 7.87. The number of alkyl halides is 2. The van der Waals surface area contributed by atoms with Crippen LogP contribution in [0.25, 0.3) is 0 Å². The van der Waals surface area contributed by atoms with Crippen LogP contribution < -0.4 is 0 Å². The third-order valence-electron chi connectivity index (χ3n) is 5.94. The third kappa shape index (κ3) is 5.26. The van der Waals surface area contributed by atoms with E-state index in [0.717, 1.165) is 24.8 Å². The lowest BCUT2D eigenvalue weighted by Gasteiger charge is -2.23. The van der Waals surface area contributed by atoms with Gasteiger partial charge in [0.2, 0.25) is 5.91 Å². The monoisotopic (exact) mass is 431 g/mol. The smallest absolute Gasteiger partial charge is 0.276 e. The number of carbonyl (C=O) groups is 2. The molecule has 2 saturated heterocycles. The van der Waals surface area contributed by atoms with Gasteiger partial charge in [-0.15, -0.1) is 5.10 Å². The number of benzene rings is 1. The molecule has 1 aromatic heterocycles. The van der Waals surface area contributed by atoms with Crippen molar-refractivity contribution in [2.24, 2.45) is 0 Å². The molecular formula is C22H27F2N5O2. The number of aryl methyl sites for hydroxylation is 1. The first-order valence-electron chi connectivity index (χ1n) is 10.8. The van der Waals surface area contributed by atoms with Crippen LogP contribution in [0.2, 0.25) is 0 Å². The Hall–Kier alpha value is -2.84. The maximum Gasteiger partial charge on any atom is 0.276 e. The predicted molar refractivity (Wildman–Crippen MR) is 110 cm³/mol. The Morgan fingerprint density at radius 1 is 1.13 bits per heavy atom. The van der Waals surface area contributed by atoms with E-state index in [1.54, 1.807) is 4.90 Å². The second-order valence-corrected chi connectivity index (χ2v) is 8.40. The summed E-state index contributed by atoms with van der Waals surface area (Å²) in [7, 11) is 0. The van der Waals surface area contributed by atoms with Gasteiger partial charge in [0.05, 0.1) is 25.3 Å². The summed E-state index contributed by atoms with van der Waals surface area (Å²) in [6, 6.07) is 9.12. The lowest BCUT2D eigenvalue weighted by atomic mass is 10.1. The lowest BCUT2D eigenvalue weighted by Crippen LogP contribution is -2.38. The Balaban J connectivity index is 1.36. The van der Waals surface area contributed by atoms with E-state index in [9.17, 15) is 18.4 Å². The normalized spacial score (nSPS) is 20.4. The number of aromatic nitrogens is 3.